The second-order valence-electron chi connectivity index (χ2n) is 4.62. The summed E-state index contributed by atoms with van der Waals surface area (Å²) in [4.78, 5) is 35.9. The molecule has 0 aromatic heterocycles. The number of amides is 2. The van der Waals surface area contributed by atoms with Crippen LogP contribution in [0.5, 0.6) is 0 Å². The Morgan fingerprint density at radius 3 is 2.12 bits per heavy atom. The molecule has 1 rings (SSSR count). The van der Waals surface area contributed by atoms with Gasteiger partial charge in [-0.25, -0.2) is 4.79 Å². The Labute approximate surface area is 101 Å². The third-order valence-electron chi connectivity index (χ3n) is 3.43. The van der Waals surface area contributed by atoms with E-state index < -0.39 is 23.8 Å². The van der Waals surface area contributed by atoms with Gasteiger partial charge in [0.25, 0.3) is 0 Å². The van der Waals surface area contributed by atoms with E-state index in [0.717, 1.165) is 11.3 Å². The minimum absolute atomic E-state index is 0.336. The van der Waals surface area contributed by atoms with Gasteiger partial charge in [0.1, 0.15) is 6.04 Å². The Bertz CT molecular complexity index is 319. The standard InChI is InChI=1S/C12H19NO4/c1-4-5-6-9(12(16)17)13-10(14)7(2)8(3)11(13)15/h7-9H,4-6H2,1-3H3,(H,16,17). The molecule has 1 fully saturated rings. The van der Waals surface area contributed by atoms with Crippen molar-refractivity contribution in [2.45, 2.75) is 46.1 Å². The molecule has 17 heavy (non-hydrogen) atoms. The zero-order valence-electron chi connectivity index (χ0n) is 10.5. The summed E-state index contributed by atoms with van der Waals surface area (Å²) in [5, 5.41) is 9.12. The second kappa shape index (κ2) is 5.29. The van der Waals surface area contributed by atoms with E-state index in [1.807, 2.05) is 6.92 Å². The summed E-state index contributed by atoms with van der Waals surface area (Å²) in [5.74, 6) is -2.63. The maximum absolute atomic E-state index is 11.9. The highest BCUT2D eigenvalue weighted by atomic mass is 16.4. The molecule has 1 aliphatic heterocycles. The molecule has 5 heteroatoms. The van der Waals surface area contributed by atoms with E-state index in [9.17, 15) is 14.4 Å². The molecule has 3 unspecified atom stereocenters. The van der Waals surface area contributed by atoms with Crippen LogP contribution in [0.15, 0.2) is 0 Å². The van der Waals surface area contributed by atoms with Gasteiger partial charge in [0.15, 0.2) is 0 Å². The normalized spacial score (nSPS) is 26.4. The average molecular weight is 241 g/mol. The van der Waals surface area contributed by atoms with E-state index in [-0.39, 0.29) is 11.8 Å². The van der Waals surface area contributed by atoms with Gasteiger partial charge in [-0.2, -0.15) is 0 Å². The van der Waals surface area contributed by atoms with Crippen molar-refractivity contribution in [2.75, 3.05) is 0 Å². The van der Waals surface area contributed by atoms with E-state index in [2.05, 4.69) is 0 Å². The third kappa shape index (κ3) is 2.48. The number of hydrogen-bond acceptors (Lipinski definition) is 3. The van der Waals surface area contributed by atoms with Crippen LogP contribution in [0.3, 0.4) is 0 Å². The Hall–Kier alpha value is -1.39. The van der Waals surface area contributed by atoms with Crippen LogP contribution in [0.1, 0.15) is 40.0 Å². The summed E-state index contributed by atoms with van der Waals surface area (Å²) in [6.45, 7) is 5.28. The third-order valence-corrected chi connectivity index (χ3v) is 3.43. The van der Waals surface area contributed by atoms with Gasteiger partial charge in [-0.1, -0.05) is 33.6 Å². The molecule has 1 aliphatic rings. The molecule has 0 aromatic carbocycles. The van der Waals surface area contributed by atoms with Crippen LogP contribution in [-0.4, -0.2) is 33.8 Å². The number of nitrogens with zero attached hydrogens (tertiary/aromatic N) is 1. The molecule has 1 N–H and O–H groups in total. The summed E-state index contributed by atoms with van der Waals surface area (Å²) in [6, 6.07) is -0.998. The average Bonchev–Trinajstić information content (AvgIpc) is 2.46. The molecular weight excluding hydrogens is 222 g/mol. The molecule has 0 aliphatic carbocycles. The van der Waals surface area contributed by atoms with Crippen LogP contribution in [0.25, 0.3) is 0 Å². The molecule has 0 saturated carbocycles. The lowest BCUT2D eigenvalue weighted by molar-refractivity contribution is -0.155. The zero-order chi connectivity index (χ0) is 13.2. The van der Waals surface area contributed by atoms with Gasteiger partial charge < -0.3 is 5.11 Å². The lowest BCUT2D eigenvalue weighted by Crippen LogP contribution is -2.45. The molecule has 1 heterocycles. The molecule has 1 saturated heterocycles. The number of hydrogen-bond donors (Lipinski definition) is 1. The van der Waals surface area contributed by atoms with Gasteiger partial charge in [0, 0.05) is 11.8 Å². The fraction of sp³-hybridized carbons (Fsp3) is 0.750. The van der Waals surface area contributed by atoms with E-state index >= 15 is 0 Å². The number of carbonyl (C=O) groups excluding carboxylic acids is 2. The van der Waals surface area contributed by atoms with Crippen LogP contribution in [0.4, 0.5) is 0 Å². The molecular formula is C12H19NO4. The topological polar surface area (TPSA) is 74.7 Å². The van der Waals surface area contributed by atoms with Gasteiger partial charge >= 0.3 is 5.97 Å². The lowest BCUT2D eigenvalue weighted by atomic mass is 10.00. The fourth-order valence-corrected chi connectivity index (χ4v) is 2.04. The SMILES string of the molecule is CCCCC(C(=O)O)N1C(=O)C(C)C(C)C1=O. The highest BCUT2D eigenvalue weighted by Crippen LogP contribution is 2.28. The molecule has 0 spiro atoms. The second-order valence-corrected chi connectivity index (χ2v) is 4.62. The maximum Gasteiger partial charge on any atom is 0.326 e. The van der Waals surface area contributed by atoms with Gasteiger partial charge in [-0.3, -0.25) is 14.5 Å². The van der Waals surface area contributed by atoms with Crippen LogP contribution in [0.2, 0.25) is 0 Å². The molecule has 0 radical (unpaired) electrons. The first-order valence-corrected chi connectivity index (χ1v) is 6.01. The Balaban J connectivity index is 2.91. The number of carboxylic acid groups (broad SMARTS) is 1. The molecule has 0 bridgehead atoms. The molecule has 3 atom stereocenters. The molecule has 5 nitrogen and oxygen atoms in total. The highest BCUT2D eigenvalue weighted by molar-refractivity contribution is 6.07. The van der Waals surface area contributed by atoms with E-state index in [1.54, 1.807) is 13.8 Å². The number of rotatable bonds is 5. The monoisotopic (exact) mass is 241 g/mol. The first-order valence-electron chi connectivity index (χ1n) is 6.01. The number of carbonyl (C=O) groups is 3. The molecule has 0 aromatic rings. The summed E-state index contributed by atoms with van der Waals surface area (Å²) in [6.07, 6.45) is 1.87. The summed E-state index contributed by atoms with van der Waals surface area (Å²) in [7, 11) is 0. The number of aliphatic carboxylic acids is 1. The van der Waals surface area contributed by atoms with Gasteiger partial charge in [0.2, 0.25) is 11.8 Å². The van der Waals surface area contributed by atoms with E-state index in [0.29, 0.717) is 12.8 Å². The van der Waals surface area contributed by atoms with Crippen LogP contribution < -0.4 is 0 Å². The van der Waals surface area contributed by atoms with E-state index in [1.165, 1.54) is 0 Å². The Morgan fingerprint density at radius 1 is 1.29 bits per heavy atom. The van der Waals surface area contributed by atoms with Crippen LogP contribution in [-0.2, 0) is 14.4 Å². The van der Waals surface area contributed by atoms with Crippen LogP contribution in [0, 0.1) is 11.8 Å². The van der Waals surface area contributed by atoms with Crippen molar-refractivity contribution in [1.29, 1.82) is 0 Å². The smallest absolute Gasteiger partial charge is 0.326 e. The predicted molar refractivity (Wildman–Crippen MR) is 61.1 cm³/mol. The number of imide groups is 1. The van der Waals surface area contributed by atoms with Gasteiger partial charge in [0.05, 0.1) is 0 Å². The number of unbranched alkanes of at least 4 members (excludes halogenated alkanes) is 1. The first kappa shape index (κ1) is 13.7. The van der Waals surface area contributed by atoms with E-state index in [4.69, 9.17) is 5.11 Å². The van der Waals surface area contributed by atoms with Crippen molar-refractivity contribution in [2.24, 2.45) is 11.8 Å². The van der Waals surface area contributed by atoms with Crippen molar-refractivity contribution in [1.82, 2.24) is 4.90 Å². The lowest BCUT2D eigenvalue weighted by Gasteiger charge is -2.22. The number of likely N-dealkylation sites (tertiary alicyclic amines) is 1. The van der Waals surface area contributed by atoms with Crippen molar-refractivity contribution in [3.05, 3.63) is 0 Å². The Morgan fingerprint density at radius 2 is 1.76 bits per heavy atom. The maximum atomic E-state index is 11.9. The minimum Gasteiger partial charge on any atom is -0.480 e. The highest BCUT2D eigenvalue weighted by Gasteiger charge is 2.47. The van der Waals surface area contributed by atoms with Crippen molar-refractivity contribution < 1.29 is 19.5 Å². The van der Waals surface area contributed by atoms with Crippen molar-refractivity contribution >= 4 is 17.8 Å². The van der Waals surface area contributed by atoms with Gasteiger partial charge in [-0.15, -0.1) is 0 Å². The minimum atomic E-state index is -1.10. The molecule has 2 amide bonds. The van der Waals surface area contributed by atoms with Crippen molar-refractivity contribution in [3.63, 3.8) is 0 Å². The van der Waals surface area contributed by atoms with Crippen LogP contribution >= 0.6 is 0 Å². The number of carboxylic acids is 1. The summed E-state index contributed by atoms with van der Waals surface area (Å²) >= 11 is 0. The predicted octanol–water partition coefficient (Wildman–Crippen LogP) is 1.27. The summed E-state index contributed by atoms with van der Waals surface area (Å²) < 4.78 is 0. The fourth-order valence-electron chi connectivity index (χ4n) is 2.04. The summed E-state index contributed by atoms with van der Waals surface area (Å²) in [5.41, 5.74) is 0. The Kier molecular flexibility index (Phi) is 4.26. The molecule has 96 valence electrons. The first-order chi connectivity index (χ1) is 7.91. The van der Waals surface area contributed by atoms with Crippen molar-refractivity contribution in [3.8, 4) is 0 Å². The van der Waals surface area contributed by atoms with Gasteiger partial charge in [-0.05, 0) is 6.42 Å². The zero-order valence-corrected chi connectivity index (χ0v) is 10.5. The largest absolute Gasteiger partial charge is 0.480 e. The quantitative estimate of drug-likeness (QED) is 0.735.